The number of fused-ring (bicyclic) bond motifs is 8. The smallest absolute Gasteiger partial charge is 0.158 e. The third-order valence-electron chi connectivity index (χ3n) is 11.3. The van der Waals surface area contributed by atoms with Crippen molar-refractivity contribution >= 4 is 66.5 Å². The van der Waals surface area contributed by atoms with Gasteiger partial charge in [-0.2, -0.15) is 12.1 Å². The van der Waals surface area contributed by atoms with Gasteiger partial charge in [0.1, 0.15) is 11.4 Å². The fraction of sp³-hybridized carbons (Fsp3) is 0. The van der Waals surface area contributed by atoms with Crippen LogP contribution < -0.4 is 14.5 Å². The van der Waals surface area contributed by atoms with Gasteiger partial charge in [-0.1, -0.05) is 127 Å². The Bertz CT molecular complexity index is 3340. The Morgan fingerprint density at radius 3 is 1.95 bits per heavy atom. The van der Waals surface area contributed by atoms with E-state index in [0.717, 1.165) is 94.6 Å². The van der Waals surface area contributed by atoms with Crippen LogP contribution in [0.4, 0.5) is 22.7 Å². The molecular weight excluding hydrogens is 932 g/mol. The number of benzene rings is 8. The van der Waals surface area contributed by atoms with Crippen molar-refractivity contribution in [3.63, 3.8) is 0 Å². The summed E-state index contributed by atoms with van der Waals surface area (Å²) in [6.07, 6.45) is 1.81. The number of pyridine rings is 1. The molecule has 0 N–H and O–H groups in total. The third kappa shape index (κ3) is 6.10. The third-order valence-corrected chi connectivity index (χ3v) is 11.3. The molecule has 0 aliphatic carbocycles. The molecule has 0 atom stereocenters. The molecular formula is C54H33N4O2Pt-3. The summed E-state index contributed by atoms with van der Waals surface area (Å²) in [5, 5.41) is 4.33. The number of hydrogen-bond acceptors (Lipinski definition) is 5. The normalized spacial score (nSPS) is 12.3. The molecule has 8 aromatic carbocycles. The molecule has 0 saturated heterocycles. The van der Waals surface area contributed by atoms with Gasteiger partial charge in [0.2, 0.25) is 0 Å². The second-order valence-corrected chi connectivity index (χ2v) is 14.8. The Morgan fingerprint density at radius 2 is 1.18 bits per heavy atom. The zero-order valence-electron chi connectivity index (χ0n) is 32.5. The first kappa shape index (κ1) is 36.7. The zero-order chi connectivity index (χ0) is 39.6. The van der Waals surface area contributed by atoms with Gasteiger partial charge in [0.15, 0.2) is 5.58 Å². The molecule has 61 heavy (non-hydrogen) atoms. The number of nitrogens with zero attached hydrogens (tertiary/aromatic N) is 4. The number of ether oxygens (including phenoxy) is 1. The predicted octanol–water partition coefficient (Wildman–Crippen LogP) is 14.2. The van der Waals surface area contributed by atoms with E-state index < -0.39 is 0 Å². The van der Waals surface area contributed by atoms with Crippen molar-refractivity contribution in [3.05, 3.63) is 213 Å². The zero-order valence-corrected chi connectivity index (χ0v) is 34.7. The summed E-state index contributed by atoms with van der Waals surface area (Å²) in [4.78, 5) is 9.16. The second-order valence-electron chi connectivity index (χ2n) is 14.8. The van der Waals surface area contributed by atoms with E-state index in [-0.39, 0.29) is 21.1 Å². The minimum atomic E-state index is 0. The molecule has 1 aliphatic rings. The van der Waals surface area contributed by atoms with Crippen LogP contribution in [0.15, 0.2) is 199 Å². The maximum atomic E-state index is 6.79. The maximum Gasteiger partial charge on any atom is 0.158 e. The van der Waals surface area contributed by atoms with E-state index in [9.17, 15) is 0 Å². The summed E-state index contributed by atoms with van der Waals surface area (Å²) in [5.74, 6) is 1.97. The van der Waals surface area contributed by atoms with Crippen LogP contribution in [-0.4, -0.2) is 9.55 Å². The molecule has 0 bridgehead atoms. The summed E-state index contributed by atoms with van der Waals surface area (Å²) in [6.45, 7) is 2.16. The first-order chi connectivity index (χ1) is 29.8. The van der Waals surface area contributed by atoms with Crippen LogP contribution in [0.1, 0.15) is 0 Å². The Labute approximate surface area is 366 Å². The van der Waals surface area contributed by atoms with E-state index in [0.29, 0.717) is 11.5 Å². The van der Waals surface area contributed by atoms with Crippen LogP contribution in [0.3, 0.4) is 0 Å². The van der Waals surface area contributed by atoms with E-state index in [4.69, 9.17) is 9.15 Å². The fourth-order valence-electron chi connectivity index (χ4n) is 8.71. The average molecular weight is 965 g/mol. The quantitative estimate of drug-likeness (QED) is 0.149. The van der Waals surface area contributed by atoms with Gasteiger partial charge < -0.3 is 23.5 Å². The molecule has 294 valence electrons. The van der Waals surface area contributed by atoms with Gasteiger partial charge in [0, 0.05) is 77.6 Å². The van der Waals surface area contributed by atoms with Gasteiger partial charge in [0.05, 0.1) is 5.69 Å². The molecule has 11 aromatic rings. The molecule has 7 heteroatoms. The number of rotatable bonds is 7. The van der Waals surface area contributed by atoms with Gasteiger partial charge >= 0.3 is 0 Å². The Kier molecular flexibility index (Phi) is 9.02. The topological polar surface area (TPSA) is 46.7 Å². The molecule has 3 aromatic heterocycles. The predicted molar refractivity (Wildman–Crippen MR) is 242 cm³/mol. The van der Waals surface area contributed by atoms with Gasteiger partial charge in [0.25, 0.3) is 0 Å². The summed E-state index contributed by atoms with van der Waals surface area (Å²) >= 11 is 0. The molecule has 4 heterocycles. The van der Waals surface area contributed by atoms with Gasteiger partial charge in [-0.3, -0.25) is 0 Å². The minimum Gasteiger partial charge on any atom is -0.509 e. The Morgan fingerprint density at radius 1 is 0.508 bits per heavy atom. The van der Waals surface area contributed by atoms with Crippen molar-refractivity contribution in [2.75, 3.05) is 9.80 Å². The van der Waals surface area contributed by atoms with E-state index in [1.54, 1.807) is 0 Å². The van der Waals surface area contributed by atoms with Crippen LogP contribution in [0.5, 0.6) is 11.5 Å². The summed E-state index contributed by atoms with van der Waals surface area (Å²) in [7, 11) is 0. The Hall–Kier alpha value is -7.40. The molecule has 0 radical (unpaired) electrons. The van der Waals surface area contributed by atoms with Gasteiger partial charge in [-0.15, -0.1) is 48.1 Å². The molecule has 0 spiro atoms. The molecule has 6 nitrogen and oxygen atoms in total. The number of furan rings is 1. The second kappa shape index (κ2) is 15.0. The monoisotopic (exact) mass is 964 g/mol. The molecule has 0 fully saturated rings. The standard InChI is InChI=1S/C54H33N4O2.Pt/c1-3-15-36(16-4-1)41-23-14-24-42(37-17-5-2-6-18-37)52(41)57-35-56(48-31-30-46-45-22-8-10-26-50(45)60-54(46)53(48)57)38-19-13-20-39(33-38)59-40-28-29-44-43-21-7-9-25-47(43)58(49(44)34-40)51-27-11-12-32-55-51;/h1-32,35H;/q-3;. The van der Waals surface area contributed by atoms with E-state index in [2.05, 4.69) is 178 Å². The molecule has 0 amide bonds. The molecule has 0 unspecified atom stereocenters. The van der Waals surface area contributed by atoms with Crippen molar-refractivity contribution in [2.45, 2.75) is 0 Å². The number of aromatic nitrogens is 2. The minimum absolute atomic E-state index is 0. The van der Waals surface area contributed by atoms with E-state index >= 15 is 0 Å². The summed E-state index contributed by atoms with van der Waals surface area (Å²) in [5.41, 5.74) is 11.8. The number of hydrogen-bond donors (Lipinski definition) is 0. The van der Waals surface area contributed by atoms with Crippen LogP contribution in [0.2, 0.25) is 0 Å². The molecule has 12 rings (SSSR count). The summed E-state index contributed by atoms with van der Waals surface area (Å²) in [6, 6.07) is 71.9. The van der Waals surface area contributed by atoms with Crippen LogP contribution >= 0.6 is 0 Å². The Balaban J connectivity index is 0.00000420. The van der Waals surface area contributed by atoms with Gasteiger partial charge in [-0.05, 0) is 52.9 Å². The largest absolute Gasteiger partial charge is 0.509 e. The molecule has 0 saturated carbocycles. The van der Waals surface area contributed by atoms with Crippen molar-refractivity contribution in [3.8, 4) is 39.6 Å². The van der Waals surface area contributed by atoms with Crippen molar-refractivity contribution in [2.24, 2.45) is 0 Å². The first-order valence-corrected chi connectivity index (χ1v) is 20.0. The SMILES string of the molecule is [Pt].[c-]1c(Oc2[c-]c3c(cc2)c2ccccc2n3-c2ccccn2)cccc1N1[CH-]N(c2c(-c3ccccc3)cccc2-c2ccccc2)c2c1ccc1c2oc2ccccc21. The van der Waals surface area contributed by atoms with E-state index in [1.165, 1.54) is 0 Å². The van der Waals surface area contributed by atoms with Crippen LogP contribution in [-0.2, 0) is 21.1 Å². The average Bonchev–Trinajstić information content (AvgIpc) is 3.99. The van der Waals surface area contributed by atoms with Crippen molar-refractivity contribution in [1.29, 1.82) is 0 Å². The van der Waals surface area contributed by atoms with Crippen molar-refractivity contribution < 1.29 is 30.2 Å². The van der Waals surface area contributed by atoms with Crippen molar-refractivity contribution in [1.82, 2.24) is 9.55 Å². The fourth-order valence-corrected chi connectivity index (χ4v) is 8.71. The maximum absolute atomic E-state index is 6.79. The van der Waals surface area contributed by atoms with Crippen LogP contribution in [0, 0.1) is 18.8 Å². The summed E-state index contributed by atoms with van der Waals surface area (Å²) < 4.78 is 15.5. The van der Waals surface area contributed by atoms with Gasteiger partial charge in [-0.25, -0.2) is 4.98 Å². The van der Waals surface area contributed by atoms with E-state index in [1.807, 2.05) is 54.7 Å². The van der Waals surface area contributed by atoms with Crippen LogP contribution in [0.25, 0.3) is 71.8 Å². The molecule has 1 aliphatic heterocycles. The number of para-hydroxylation sites is 3. The number of anilines is 4. The first-order valence-electron chi connectivity index (χ1n) is 20.0.